The molecule has 2 aliphatic heterocycles. The smallest absolute Gasteiger partial charge is 0.248 e. The highest BCUT2D eigenvalue weighted by atomic mass is 32.2. The van der Waals surface area contributed by atoms with Gasteiger partial charge in [-0.3, -0.25) is 0 Å². The maximum atomic E-state index is 13.0. The average molecular weight is 313 g/mol. The van der Waals surface area contributed by atoms with Crippen molar-refractivity contribution >= 4 is 10.0 Å². The topological polar surface area (TPSA) is 75.4 Å². The summed E-state index contributed by atoms with van der Waals surface area (Å²) in [6, 6.07) is 0.998. The Kier molecular flexibility index (Phi) is 3.83. The summed E-state index contributed by atoms with van der Waals surface area (Å²) in [4.78, 5) is 0.246. The second-order valence-corrected chi connectivity index (χ2v) is 7.95. The van der Waals surface area contributed by atoms with Crippen molar-refractivity contribution in [1.29, 1.82) is 0 Å². The monoisotopic (exact) mass is 313 g/mol. The van der Waals surface area contributed by atoms with E-state index in [0.29, 0.717) is 30.1 Å². The molecule has 7 heteroatoms. The first-order valence-electron chi connectivity index (χ1n) is 7.64. The minimum atomic E-state index is -3.54. The van der Waals surface area contributed by atoms with E-state index in [9.17, 15) is 8.42 Å². The molecule has 1 aromatic rings. The number of aromatic nitrogens is 1. The standard InChI is InChI=1S/C14H23N3O3S/c1-4-17(13-7-11-5-6-12(8-13)15-11)21(18,19)14-9(2)16-20-10(14)3/h11-13,15H,4-8H2,1-3H3. The summed E-state index contributed by atoms with van der Waals surface area (Å²) in [5.41, 5.74) is 0.447. The summed E-state index contributed by atoms with van der Waals surface area (Å²) < 4.78 is 32.7. The molecule has 2 aliphatic rings. The number of piperidine rings is 1. The Hall–Kier alpha value is -0.920. The highest BCUT2D eigenvalue weighted by Crippen LogP contribution is 2.33. The van der Waals surface area contributed by atoms with E-state index >= 15 is 0 Å². The molecule has 3 heterocycles. The Labute approximate surface area is 125 Å². The van der Waals surface area contributed by atoms with Crippen molar-refractivity contribution < 1.29 is 12.9 Å². The molecule has 0 saturated carbocycles. The normalized spacial score (nSPS) is 29.2. The third-order valence-electron chi connectivity index (χ3n) is 4.70. The molecule has 3 rings (SSSR count). The Balaban J connectivity index is 1.92. The van der Waals surface area contributed by atoms with Crippen LogP contribution in [0.2, 0.25) is 0 Å². The van der Waals surface area contributed by atoms with Crippen LogP contribution in [0.3, 0.4) is 0 Å². The molecule has 2 unspecified atom stereocenters. The number of rotatable bonds is 4. The Bertz CT molecular complexity index is 594. The van der Waals surface area contributed by atoms with Gasteiger partial charge in [-0.15, -0.1) is 0 Å². The van der Waals surface area contributed by atoms with Crippen molar-refractivity contribution in [3.05, 3.63) is 11.5 Å². The van der Waals surface area contributed by atoms with Crippen LogP contribution in [-0.2, 0) is 10.0 Å². The minimum absolute atomic E-state index is 0.0763. The van der Waals surface area contributed by atoms with Gasteiger partial charge in [-0.05, 0) is 39.5 Å². The van der Waals surface area contributed by atoms with Crippen LogP contribution in [0.4, 0.5) is 0 Å². The first-order valence-corrected chi connectivity index (χ1v) is 9.08. The van der Waals surface area contributed by atoms with Crippen LogP contribution in [0.15, 0.2) is 9.42 Å². The number of hydrogen-bond acceptors (Lipinski definition) is 5. The Morgan fingerprint density at radius 3 is 2.38 bits per heavy atom. The first-order chi connectivity index (χ1) is 9.93. The van der Waals surface area contributed by atoms with E-state index in [1.54, 1.807) is 18.2 Å². The summed E-state index contributed by atoms with van der Waals surface area (Å²) in [7, 11) is -3.54. The van der Waals surface area contributed by atoms with E-state index < -0.39 is 10.0 Å². The minimum Gasteiger partial charge on any atom is -0.360 e. The molecule has 1 N–H and O–H groups in total. The largest absolute Gasteiger partial charge is 0.360 e. The molecule has 2 bridgehead atoms. The zero-order valence-corrected chi connectivity index (χ0v) is 13.6. The number of fused-ring (bicyclic) bond motifs is 2. The Morgan fingerprint density at radius 1 is 1.29 bits per heavy atom. The van der Waals surface area contributed by atoms with Crippen molar-refractivity contribution in [2.75, 3.05) is 6.54 Å². The number of aryl methyl sites for hydroxylation is 2. The molecule has 0 amide bonds. The van der Waals surface area contributed by atoms with Crippen LogP contribution < -0.4 is 5.32 Å². The van der Waals surface area contributed by atoms with Crippen LogP contribution in [0, 0.1) is 13.8 Å². The van der Waals surface area contributed by atoms with E-state index in [1.807, 2.05) is 6.92 Å². The molecular formula is C14H23N3O3S. The van der Waals surface area contributed by atoms with E-state index in [0.717, 1.165) is 25.7 Å². The van der Waals surface area contributed by atoms with Crippen molar-refractivity contribution in [2.45, 2.75) is 69.5 Å². The first kappa shape index (κ1) is 15.0. The second-order valence-electron chi connectivity index (χ2n) is 6.12. The lowest BCUT2D eigenvalue weighted by atomic mass is 10.00. The molecule has 118 valence electrons. The highest BCUT2D eigenvalue weighted by molar-refractivity contribution is 7.89. The summed E-state index contributed by atoms with van der Waals surface area (Å²) in [6.45, 7) is 5.73. The van der Waals surface area contributed by atoms with Gasteiger partial charge in [0.25, 0.3) is 0 Å². The van der Waals surface area contributed by atoms with Crippen LogP contribution in [0.25, 0.3) is 0 Å². The van der Waals surface area contributed by atoms with E-state index in [1.165, 1.54) is 0 Å². The molecule has 1 aromatic heterocycles. The van der Waals surface area contributed by atoms with Crippen molar-refractivity contribution in [2.24, 2.45) is 0 Å². The molecule has 2 fully saturated rings. The average Bonchev–Trinajstić information content (AvgIpc) is 2.93. The summed E-state index contributed by atoms with van der Waals surface area (Å²) in [5, 5.41) is 7.35. The van der Waals surface area contributed by atoms with Gasteiger partial charge in [0.1, 0.15) is 10.6 Å². The van der Waals surface area contributed by atoms with Gasteiger partial charge in [-0.25, -0.2) is 8.42 Å². The lowest BCUT2D eigenvalue weighted by Crippen LogP contribution is -2.50. The predicted octanol–water partition coefficient (Wildman–Crippen LogP) is 1.59. The summed E-state index contributed by atoms with van der Waals surface area (Å²) in [6.07, 6.45) is 4.11. The maximum absolute atomic E-state index is 13.0. The number of hydrogen-bond donors (Lipinski definition) is 1. The lowest BCUT2D eigenvalue weighted by molar-refractivity contribution is 0.232. The van der Waals surface area contributed by atoms with E-state index in [4.69, 9.17) is 4.52 Å². The molecule has 0 aromatic carbocycles. The Morgan fingerprint density at radius 2 is 1.90 bits per heavy atom. The van der Waals surface area contributed by atoms with Crippen molar-refractivity contribution in [3.8, 4) is 0 Å². The fraction of sp³-hybridized carbons (Fsp3) is 0.786. The number of nitrogens with one attached hydrogen (secondary N) is 1. The fourth-order valence-electron chi connectivity index (χ4n) is 3.85. The van der Waals surface area contributed by atoms with E-state index in [-0.39, 0.29) is 10.9 Å². The van der Waals surface area contributed by atoms with Crippen LogP contribution in [0.1, 0.15) is 44.1 Å². The molecular weight excluding hydrogens is 290 g/mol. The van der Waals surface area contributed by atoms with Gasteiger partial charge in [-0.1, -0.05) is 12.1 Å². The quantitative estimate of drug-likeness (QED) is 0.913. The van der Waals surface area contributed by atoms with Crippen LogP contribution >= 0.6 is 0 Å². The molecule has 2 saturated heterocycles. The lowest BCUT2D eigenvalue weighted by Gasteiger charge is -2.36. The van der Waals surface area contributed by atoms with E-state index in [2.05, 4.69) is 10.5 Å². The number of nitrogens with zero attached hydrogens (tertiary/aromatic N) is 2. The van der Waals surface area contributed by atoms with Gasteiger partial charge < -0.3 is 9.84 Å². The molecule has 0 aliphatic carbocycles. The van der Waals surface area contributed by atoms with Crippen molar-refractivity contribution in [3.63, 3.8) is 0 Å². The SMILES string of the molecule is CCN(C1CC2CCC(C1)N2)S(=O)(=O)c1c(C)noc1C. The molecule has 0 radical (unpaired) electrons. The molecule has 2 atom stereocenters. The maximum Gasteiger partial charge on any atom is 0.248 e. The van der Waals surface area contributed by atoms with Crippen molar-refractivity contribution in [1.82, 2.24) is 14.8 Å². The summed E-state index contributed by atoms with van der Waals surface area (Å²) >= 11 is 0. The fourth-order valence-corrected chi connectivity index (χ4v) is 5.80. The zero-order valence-electron chi connectivity index (χ0n) is 12.8. The number of sulfonamides is 1. The van der Waals surface area contributed by atoms with Gasteiger partial charge >= 0.3 is 0 Å². The second kappa shape index (κ2) is 5.37. The highest BCUT2D eigenvalue weighted by Gasteiger charge is 2.41. The molecule has 6 nitrogen and oxygen atoms in total. The van der Waals surface area contributed by atoms with Crippen LogP contribution in [-0.4, -0.2) is 42.5 Å². The molecule has 0 spiro atoms. The third kappa shape index (κ3) is 2.51. The van der Waals surface area contributed by atoms with Gasteiger partial charge in [0, 0.05) is 24.7 Å². The van der Waals surface area contributed by atoms with Gasteiger partial charge in [0.15, 0.2) is 5.76 Å². The zero-order chi connectivity index (χ0) is 15.2. The molecule has 21 heavy (non-hydrogen) atoms. The summed E-state index contributed by atoms with van der Waals surface area (Å²) in [5.74, 6) is 0.378. The van der Waals surface area contributed by atoms with Gasteiger partial charge in [0.05, 0.1) is 0 Å². The third-order valence-corrected chi connectivity index (χ3v) is 6.97. The van der Waals surface area contributed by atoms with Gasteiger partial charge in [0.2, 0.25) is 10.0 Å². The predicted molar refractivity (Wildman–Crippen MR) is 78.5 cm³/mol. The van der Waals surface area contributed by atoms with Crippen LogP contribution in [0.5, 0.6) is 0 Å². The van der Waals surface area contributed by atoms with Gasteiger partial charge in [-0.2, -0.15) is 4.31 Å².